The van der Waals surface area contributed by atoms with Crippen molar-refractivity contribution in [2.24, 2.45) is 0 Å². The Morgan fingerprint density at radius 3 is 3.18 bits per heavy atom. The molecule has 1 N–H and O–H groups in total. The van der Waals surface area contributed by atoms with Gasteiger partial charge in [-0.1, -0.05) is 0 Å². The first kappa shape index (κ1) is 6.54. The highest BCUT2D eigenvalue weighted by Gasteiger charge is 2.02. The van der Waals surface area contributed by atoms with Gasteiger partial charge in [0.2, 0.25) is 0 Å². The zero-order valence-electron chi connectivity index (χ0n) is 5.60. The molecule has 0 aromatic carbocycles. The van der Waals surface area contributed by atoms with Gasteiger partial charge in [-0.2, -0.15) is 5.10 Å². The van der Waals surface area contributed by atoms with E-state index in [2.05, 4.69) is 17.7 Å². The summed E-state index contributed by atoms with van der Waals surface area (Å²) in [6, 6.07) is 3.59. The summed E-state index contributed by atoms with van der Waals surface area (Å²) in [5.41, 5.74) is 0.678. The third-order valence-electron chi connectivity index (χ3n) is 1.52. The van der Waals surface area contributed by atoms with Gasteiger partial charge in [0.25, 0.3) is 0 Å². The largest absolute Gasteiger partial charge is 0.505 e. The molecule has 0 amide bonds. The average molecular weight is 166 g/mol. The third kappa shape index (κ3) is 0.867. The maximum Gasteiger partial charge on any atom is 0.156 e. The van der Waals surface area contributed by atoms with Crippen molar-refractivity contribution in [3.8, 4) is 5.75 Å². The lowest BCUT2D eigenvalue weighted by Crippen LogP contribution is -1.88. The molecular weight excluding hydrogens is 160 g/mol. The van der Waals surface area contributed by atoms with Crippen LogP contribution < -0.4 is 0 Å². The van der Waals surface area contributed by atoms with Crippen molar-refractivity contribution < 1.29 is 5.11 Å². The first-order valence-corrected chi connectivity index (χ1v) is 3.58. The van der Waals surface area contributed by atoms with Gasteiger partial charge < -0.3 is 5.11 Å². The lowest BCUT2D eigenvalue weighted by Gasteiger charge is -1.98. The number of rotatable bonds is 0. The Labute approximate surface area is 68.7 Å². The Morgan fingerprint density at radius 2 is 2.36 bits per heavy atom. The van der Waals surface area contributed by atoms with Crippen LogP contribution in [0.5, 0.6) is 5.75 Å². The Morgan fingerprint density at radius 1 is 1.55 bits per heavy atom. The first-order chi connectivity index (χ1) is 5.29. The van der Waals surface area contributed by atoms with Crippen LogP contribution in [0.15, 0.2) is 29.4 Å². The van der Waals surface area contributed by atoms with Crippen molar-refractivity contribution in [1.29, 1.82) is 0 Å². The highest BCUT2D eigenvalue weighted by atomic mass is 32.1. The van der Waals surface area contributed by atoms with E-state index in [9.17, 15) is 5.11 Å². The van der Waals surface area contributed by atoms with Crippen LogP contribution >= 0.6 is 12.6 Å². The molecule has 0 saturated carbocycles. The highest BCUT2D eigenvalue weighted by molar-refractivity contribution is 7.80. The van der Waals surface area contributed by atoms with Crippen molar-refractivity contribution in [2.45, 2.75) is 4.90 Å². The standard InChI is InChI=1S/C7H6N2OS/c10-7-5-2-1-3-9(5)8-4-6(7)11/h1-4,10-11H. The molecule has 3 nitrogen and oxygen atoms in total. The second-order valence-electron chi connectivity index (χ2n) is 2.22. The lowest BCUT2D eigenvalue weighted by molar-refractivity contribution is 0.463. The fraction of sp³-hybridized carbons (Fsp3) is 0. The molecule has 56 valence electrons. The molecule has 0 bridgehead atoms. The van der Waals surface area contributed by atoms with Gasteiger partial charge in [-0.15, -0.1) is 12.6 Å². The van der Waals surface area contributed by atoms with E-state index in [4.69, 9.17) is 0 Å². The molecule has 4 heteroatoms. The zero-order valence-corrected chi connectivity index (χ0v) is 6.49. The fourth-order valence-corrected chi connectivity index (χ4v) is 1.14. The van der Waals surface area contributed by atoms with Crippen molar-refractivity contribution in [1.82, 2.24) is 9.61 Å². The summed E-state index contributed by atoms with van der Waals surface area (Å²) in [5.74, 6) is 0.174. The van der Waals surface area contributed by atoms with E-state index < -0.39 is 0 Å². The van der Waals surface area contributed by atoms with E-state index >= 15 is 0 Å². The quantitative estimate of drug-likeness (QED) is 0.579. The molecule has 0 spiro atoms. The predicted molar refractivity (Wildman–Crippen MR) is 44.1 cm³/mol. The van der Waals surface area contributed by atoms with E-state index in [0.717, 1.165) is 0 Å². The summed E-state index contributed by atoms with van der Waals surface area (Å²) in [6.07, 6.45) is 3.27. The van der Waals surface area contributed by atoms with Crippen LogP contribution in [0.1, 0.15) is 0 Å². The summed E-state index contributed by atoms with van der Waals surface area (Å²) >= 11 is 4.02. The first-order valence-electron chi connectivity index (χ1n) is 3.13. The van der Waals surface area contributed by atoms with Crippen LogP contribution in [-0.2, 0) is 0 Å². The Balaban J connectivity index is 2.93. The molecule has 0 radical (unpaired) electrons. The van der Waals surface area contributed by atoms with Crippen LogP contribution in [0.2, 0.25) is 0 Å². The van der Waals surface area contributed by atoms with Crippen LogP contribution in [0, 0.1) is 0 Å². The number of hydrogen-bond donors (Lipinski definition) is 2. The summed E-state index contributed by atoms with van der Waals surface area (Å²) in [6.45, 7) is 0. The minimum absolute atomic E-state index is 0.174. The highest BCUT2D eigenvalue weighted by Crippen LogP contribution is 2.24. The van der Waals surface area contributed by atoms with Crippen molar-refractivity contribution in [3.05, 3.63) is 24.5 Å². The fourth-order valence-electron chi connectivity index (χ4n) is 0.970. The summed E-state index contributed by atoms with van der Waals surface area (Å²) in [7, 11) is 0. The van der Waals surface area contributed by atoms with Gasteiger partial charge in [0, 0.05) is 6.20 Å². The number of hydrogen-bond acceptors (Lipinski definition) is 3. The minimum atomic E-state index is 0.174. The summed E-state index contributed by atoms with van der Waals surface area (Å²) in [5, 5.41) is 13.4. The van der Waals surface area contributed by atoms with Crippen LogP contribution in [-0.4, -0.2) is 14.7 Å². The number of aromatic nitrogens is 2. The maximum absolute atomic E-state index is 9.41. The molecule has 2 aromatic rings. The van der Waals surface area contributed by atoms with Crippen molar-refractivity contribution in [3.63, 3.8) is 0 Å². The molecular formula is C7H6N2OS. The SMILES string of the molecule is Oc1c(S)cnn2cccc12. The van der Waals surface area contributed by atoms with Gasteiger partial charge in [0.05, 0.1) is 11.1 Å². The van der Waals surface area contributed by atoms with Gasteiger partial charge >= 0.3 is 0 Å². The van der Waals surface area contributed by atoms with Gasteiger partial charge in [-0.3, -0.25) is 0 Å². The van der Waals surface area contributed by atoms with Crippen molar-refractivity contribution >= 4 is 18.1 Å². The van der Waals surface area contributed by atoms with Crippen LogP contribution in [0.25, 0.3) is 5.52 Å². The summed E-state index contributed by atoms with van der Waals surface area (Å²) < 4.78 is 1.59. The Kier molecular flexibility index (Phi) is 1.29. The average Bonchev–Trinajstić information content (AvgIpc) is 2.45. The van der Waals surface area contributed by atoms with E-state index in [1.807, 2.05) is 6.07 Å². The smallest absolute Gasteiger partial charge is 0.156 e. The molecule has 0 fully saturated rings. The monoisotopic (exact) mass is 166 g/mol. The van der Waals surface area contributed by atoms with Gasteiger partial charge in [0.1, 0.15) is 5.52 Å². The number of nitrogens with zero attached hydrogens (tertiary/aromatic N) is 2. The summed E-state index contributed by atoms with van der Waals surface area (Å²) in [4.78, 5) is 0.496. The lowest BCUT2D eigenvalue weighted by atomic mass is 10.4. The molecule has 0 aliphatic rings. The number of fused-ring (bicyclic) bond motifs is 1. The van der Waals surface area contributed by atoms with Crippen LogP contribution in [0.3, 0.4) is 0 Å². The van der Waals surface area contributed by atoms with Gasteiger partial charge in [-0.05, 0) is 12.1 Å². The topological polar surface area (TPSA) is 37.5 Å². The van der Waals surface area contributed by atoms with E-state index in [1.54, 1.807) is 16.8 Å². The number of aromatic hydroxyl groups is 1. The molecule has 2 heterocycles. The maximum atomic E-state index is 9.41. The number of thiol groups is 1. The Hall–Kier alpha value is -1.16. The van der Waals surface area contributed by atoms with Gasteiger partial charge in [0.15, 0.2) is 5.75 Å². The normalized spacial score (nSPS) is 10.6. The van der Waals surface area contributed by atoms with E-state index in [-0.39, 0.29) is 5.75 Å². The molecule has 11 heavy (non-hydrogen) atoms. The predicted octanol–water partition coefficient (Wildman–Crippen LogP) is 1.33. The molecule has 0 saturated heterocycles. The molecule has 2 rings (SSSR count). The minimum Gasteiger partial charge on any atom is -0.505 e. The van der Waals surface area contributed by atoms with Crippen molar-refractivity contribution in [2.75, 3.05) is 0 Å². The van der Waals surface area contributed by atoms with Gasteiger partial charge in [-0.25, -0.2) is 4.52 Å². The second-order valence-corrected chi connectivity index (χ2v) is 2.70. The van der Waals surface area contributed by atoms with E-state index in [0.29, 0.717) is 10.4 Å². The molecule has 0 atom stereocenters. The Bertz CT molecular complexity index is 396. The molecule has 0 aliphatic carbocycles. The van der Waals surface area contributed by atoms with Crippen LogP contribution in [0.4, 0.5) is 0 Å². The molecule has 0 aliphatic heterocycles. The second kappa shape index (κ2) is 2.17. The zero-order chi connectivity index (χ0) is 7.84. The third-order valence-corrected chi connectivity index (χ3v) is 1.85. The molecule has 0 unspecified atom stereocenters. The molecule has 2 aromatic heterocycles. The van der Waals surface area contributed by atoms with E-state index in [1.165, 1.54) is 6.20 Å².